The maximum Gasteiger partial charge on any atom is 0.144 e. The second kappa shape index (κ2) is 6.74. The molecule has 0 aliphatic carbocycles. The maximum atomic E-state index is 5.24. The van der Waals surface area contributed by atoms with Crippen LogP contribution < -0.4 is 0 Å². The van der Waals surface area contributed by atoms with Gasteiger partial charge in [-0.15, -0.1) is 0 Å². The molecule has 1 aromatic carbocycles. The van der Waals surface area contributed by atoms with Gasteiger partial charge in [0.05, 0.1) is 16.8 Å². The van der Waals surface area contributed by atoms with Crippen LogP contribution in [0.3, 0.4) is 0 Å². The van der Waals surface area contributed by atoms with Crippen LogP contribution in [0.1, 0.15) is 17.1 Å². The maximum absolute atomic E-state index is 5.24. The van der Waals surface area contributed by atoms with E-state index in [-0.39, 0.29) is 0 Å². The number of methoxy groups -OCH3 is 1. The Hall–Kier alpha value is -0.560. The van der Waals surface area contributed by atoms with Gasteiger partial charge in [-0.3, -0.25) is 0 Å². The van der Waals surface area contributed by atoms with Crippen LogP contribution in [0.25, 0.3) is 0 Å². The van der Waals surface area contributed by atoms with Gasteiger partial charge in [0.1, 0.15) is 10.5 Å². The Morgan fingerprint density at radius 3 is 2.58 bits per heavy atom. The molecule has 0 radical (unpaired) electrons. The summed E-state index contributed by atoms with van der Waals surface area (Å²) in [5.41, 5.74) is 2.08. The first-order valence-electron chi connectivity index (χ1n) is 5.61. The fraction of sp³-hybridized carbons (Fsp3) is 0.231. The molecule has 3 nitrogen and oxygen atoms in total. The molecule has 0 bridgehead atoms. The predicted molar refractivity (Wildman–Crippen MR) is 84.8 cm³/mol. The van der Waals surface area contributed by atoms with Gasteiger partial charge in [-0.1, -0.05) is 40.3 Å². The largest absolute Gasteiger partial charge is 0.378 e. The second-order valence-corrected chi connectivity index (χ2v) is 6.11. The van der Waals surface area contributed by atoms with Crippen molar-refractivity contribution in [3.05, 3.63) is 54.9 Å². The van der Waals surface area contributed by atoms with Crippen molar-refractivity contribution >= 4 is 44.1 Å². The van der Waals surface area contributed by atoms with E-state index in [1.807, 2.05) is 12.1 Å². The molecule has 19 heavy (non-hydrogen) atoms. The monoisotopic (exact) mass is 402 g/mol. The van der Waals surface area contributed by atoms with Gasteiger partial charge in [-0.05, 0) is 33.6 Å². The standard InChI is InChI=1S/C13H12Br2N2OS/c1-18-7-10-12(15)13(19)17-11(16-10)6-8-2-4-9(14)5-3-8/h2-5H,6-7H2,1H3,(H,16,17,19). The Bertz CT molecular complexity index is 626. The number of aromatic nitrogens is 2. The quantitative estimate of drug-likeness (QED) is 0.768. The summed E-state index contributed by atoms with van der Waals surface area (Å²) in [7, 11) is 1.65. The fourth-order valence-corrected chi connectivity index (χ4v) is 2.48. The first-order chi connectivity index (χ1) is 9.10. The molecular weight excluding hydrogens is 392 g/mol. The number of aromatic amines is 1. The SMILES string of the molecule is COCc1[nH]c(Cc2ccc(Br)cc2)nc(=S)c1Br. The third-order valence-electron chi connectivity index (χ3n) is 2.56. The van der Waals surface area contributed by atoms with Crippen molar-refractivity contribution in [3.63, 3.8) is 0 Å². The highest BCUT2D eigenvalue weighted by molar-refractivity contribution is 9.10. The van der Waals surface area contributed by atoms with Crippen LogP contribution in [0, 0.1) is 4.64 Å². The number of rotatable bonds is 4. The minimum Gasteiger partial charge on any atom is -0.378 e. The number of ether oxygens (including phenoxy) is 1. The Morgan fingerprint density at radius 1 is 1.26 bits per heavy atom. The summed E-state index contributed by atoms with van der Waals surface area (Å²) in [5.74, 6) is 0.836. The van der Waals surface area contributed by atoms with E-state index < -0.39 is 0 Å². The highest BCUT2D eigenvalue weighted by atomic mass is 79.9. The highest BCUT2D eigenvalue weighted by Gasteiger charge is 2.07. The first-order valence-corrected chi connectivity index (χ1v) is 7.60. The van der Waals surface area contributed by atoms with E-state index in [2.05, 4.69) is 54.0 Å². The molecule has 1 N–H and O–H groups in total. The van der Waals surface area contributed by atoms with Crippen LogP contribution in [-0.4, -0.2) is 17.1 Å². The summed E-state index contributed by atoms with van der Waals surface area (Å²) < 4.78 is 7.56. The number of H-pyrrole nitrogens is 1. The van der Waals surface area contributed by atoms with E-state index in [0.717, 1.165) is 20.5 Å². The topological polar surface area (TPSA) is 37.9 Å². The van der Waals surface area contributed by atoms with Crippen LogP contribution in [0.5, 0.6) is 0 Å². The molecule has 0 aliphatic rings. The van der Waals surface area contributed by atoms with Crippen LogP contribution in [0.2, 0.25) is 0 Å². The van der Waals surface area contributed by atoms with Gasteiger partial charge in [-0.2, -0.15) is 0 Å². The summed E-state index contributed by atoms with van der Waals surface area (Å²) in [6.45, 7) is 0.472. The van der Waals surface area contributed by atoms with E-state index in [0.29, 0.717) is 17.7 Å². The van der Waals surface area contributed by atoms with Crippen molar-refractivity contribution in [1.29, 1.82) is 0 Å². The fourth-order valence-electron chi connectivity index (χ4n) is 1.68. The van der Waals surface area contributed by atoms with Crippen molar-refractivity contribution in [3.8, 4) is 0 Å². The van der Waals surface area contributed by atoms with E-state index >= 15 is 0 Å². The molecule has 0 saturated heterocycles. The molecular formula is C13H12Br2N2OS. The predicted octanol–water partition coefficient (Wildman–Crippen LogP) is 4.40. The van der Waals surface area contributed by atoms with Crippen LogP contribution in [0.4, 0.5) is 0 Å². The van der Waals surface area contributed by atoms with Crippen LogP contribution in [-0.2, 0) is 17.8 Å². The summed E-state index contributed by atoms with van der Waals surface area (Å²) >= 11 is 12.1. The molecule has 0 saturated carbocycles. The molecule has 0 spiro atoms. The molecule has 0 aliphatic heterocycles. The van der Waals surface area contributed by atoms with Gasteiger partial charge in [0.2, 0.25) is 0 Å². The van der Waals surface area contributed by atoms with Crippen molar-refractivity contribution in [2.45, 2.75) is 13.0 Å². The van der Waals surface area contributed by atoms with Crippen molar-refractivity contribution in [2.24, 2.45) is 0 Å². The average Bonchev–Trinajstić information content (AvgIpc) is 2.38. The third-order valence-corrected chi connectivity index (χ3v) is 4.50. The number of nitrogens with one attached hydrogen (secondary N) is 1. The Kier molecular flexibility index (Phi) is 5.27. The first kappa shape index (κ1) is 14.8. The number of benzene rings is 1. The lowest BCUT2D eigenvalue weighted by Gasteiger charge is -2.08. The minimum absolute atomic E-state index is 0.472. The van der Waals surface area contributed by atoms with Crippen molar-refractivity contribution in [1.82, 2.24) is 9.97 Å². The van der Waals surface area contributed by atoms with E-state index in [9.17, 15) is 0 Å². The molecule has 2 rings (SSSR count). The summed E-state index contributed by atoms with van der Waals surface area (Å²) in [6.07, 6.45) is 0.709. The lowest BCUT2D eigenvalue weighted by molar-refractivity contribution is 0.180. The lowest BCUT2D eigenvalue weighted by Crippen LogP contribution is -2.03. The normalized spacial score (nSPS) is 10.7. The molecule has 0 atom stereocenters. The minimum atomic E-state index is 0.472. The smallest absolute Gasteiger partial charge is 0.144 e. The van der Waals surface area contributed by atoms with E-state index in [4.69, 9.17) is 17.0 Å². The molecule has 0 amide bonds. The number of hydrogen-bond donors (Lipinski definition) is 1. The van der Waals surface area contributed by atoms with Gasteiger partial charge in [0, 0.05) is 18.0 Å². The Balaban J connectivity index is 2.30. The molecule has 0 unspecified atom stereocenters. The van der Waals surface area contributed by atoms with Crippen molar-refractivity contribution in [2.75, 3.05) is 7.11 Å². The van der Waals surface area contributed by atoms with E-state index in [1.54, 1.807) is 7.11 Å². The zero-order valence-corrected chi connectivity index (χ0v) is 14.2. The number of hydrogen-bond acceptors (Lipinski definition) is 3. The summed E-state index contributed by atoms with van der Waals surface area (Å²) in [5, 5.41) is 0. The average molecular weight is 404 g/mol. The summed E-state index contributed by atoms with van der Waals surface area (Å²) in [4.78, 5) is 7.63. The van der Waals surface area contributed by atoms with Crippen LogP contribution >= 0.6 is 44.1 Å². The molecule has 2 aromatic rings. The van der Waals surface area contributed by atoms with Crippen LogP contribution in [0.15, 0.2) is 33.2 Å². The van der Waals surface area contributed by atoms with Crippen molar-refractivity contribution < 1.29 is 4.74 Å². The van der Waals surface area contributed by atoms with Gasteiger partial charge in [-0.25, -0.2) is 4.98 Å². The molecule has 1 aromatic heterocycles. The van der Waals surface area contributed by atoms with Gasteiger partial charge in [0.25, 0.3) is 0 Å². The molecule has 1 heterocycles. The van der Waals surface area contributed by atoms with Gasteiger partial charge >= 0.3 is 0 Å². The number of nitrogens with zero attached hydrogens (tertiary/aromatic N) is 1. The Labute approximate surface area is 133 Å². The molecule has 6 heteroatoms. The van der Waals surface area contributed by atoms with Gasteiger partial charge in [0.15, 0.2) is 0 Å². The Morgan fingerprint density at radius 2 is 1.95 bits per heavy atom. The van der Waals surface area contributed by atoms with Gasteiger partial charge < -0.3 is 9.72 Å². The molecule has 100 valence electrons. The zero-order chi connectivity index (χ0) is 13.8. The number of halogens is 2. The third kappa shape index (κ3) is 3.95. The lowest BCUT2D eigenvalue weighted by atomic mass is 10.1. The zero-order valence-electron chi connectivity index (χ0n) is 10.2. The highest BCUT2D eigenvalue weighted by Crippen LogP contribution is 2.18. The molecule has 0 fully saturated rings. The second-order valence-electron chi connectivity index (χ2n) is 4.02. The summed E-state index contributed by atoms with van der Waals surface area (Å²) in [6, 6.07) is 8.14. The van der Waals surface area contributed by atoms with E-state index in [1.165, 1.54) is 5.56 Å².